The van der Waals surface area contributed by atoms with E-state index in [4.69, 9.17) is 0 Å². The SMILES string of the molecule is CS(=O)(=O)c1cc(C(F)(F)F)ccc1C(=O)c1cc(F)c(F)c(F)c1O. The maximum atomic E-state index is 13.4. The number of halogens is 6. The molecule has 2 rings (SSSR count). The summed E-state index contributed by atoms with van der Waals surface area (Å²) >= 11 is 0. The monoisotopic (exact) mass is 398 g/mol. The van der Waals surface area contributed by atoms with Crippen molar-refractivity contribution in [3.05, 3.63) is 58.4 Å². The first-order valence-electron chi connectivity index (χ1n) is 6.57. The van der Waals surface area contributed by atoms with Gasteiger partial charge < -0.3 is 5.11 Å². The molecule has 0 radical (unpaired) electrons. The van der Waals surface area contributed by atoms with E-state index >= 15 is 0 Å². The summed E-state index contributed by atoms with van der Waals surface area (Å²) in [4.78, 5) is 11.3. The highest BCUT2D eigenvalue weighted by atomic mass is 32.2. The molecule has 0 aliphatic heterocycles. The molecule has 0 aliphatic rings. The number of benzene rings is 2. The molecule has 140 valence electrons. The molecule has 0 atom stereocenters. The van der Waals surface area contributed by atoms with Gasteiger partial charge >= 0.3 is 6.18 Å². The second-order valence-electron chi connectivity index (χ2n) is 5.19. The van der Waals surface area contributed by atoms with Crippen LogP contribution in [0.25, 0.3) is 0 Å². The lowest BCUT2D eigenvalue weighted by Crippen LogP contribution is -2.14. The lowest BCUT2D eigenvalue weighted by atomic mass is 10.0. The lowest BCUT2D eigenvalue weighted by molar-refractivity contribution is -0.137. The van der Waals surface area contributed by atoms with Crippen LogP contribution in [0.1, 0.15) is 21.5 Å². The molecule has 0 saturated heterocycles. The molecule has 11 heteroatoms. The molecule has 0 unspecified atom stereocenters. The predicted molar refractivity (Wildman–Crippen MR) is 76.0 cm³/mol. The quantitative estimate of drug-likeness (QED) is 0.488. The van der Waals surface area contributed by atoms with Gasteiger partial charge in [0.05, 0.1) is 16.0 Å². The highest BCUT2D eigenvalue weighted by Gasteiger charge is 2.34. The summed E-state index contributed by atoms with van der Waals surface area (Å²) in [6.45, 7) is 0. The largest absolute Gasteiger partial charge is 0.504 e. The van der Waals surface area contributed by atoms with Crippen LogP contribution in [0, 0.1) is 17.5 Å². The number of ketones is 1. The Hall–Kier alpha value is -2.56. The first-order valence-corrected chi connectivity index (χ1v) is 8.46. The van der Waals surface area contributed by atoms with Crippen LogP contribution in [0.5, 0.6) is 5.75 Å². The van der Waals surface area contributed by atoms with Crippen LogP contribution in [0.3, 0.4) is 0 Å². The van der Waals surface area contributed by atoms with E-state index < -0.39 is 66.6 Å². The smallest absolute Gasteiger partial charge is 0.416 e. The van der Waals surface area contributed by atoms with Gasteiger partial charge in [-0.05, 0) is 24.3 Å². The molecule has 0 fully saturated rings. The molecule has 2 aromatic rings. The van der Waals surface area contributed by atoms with Crippen molar-refractivity contribution in [1.29, 1.82) is 0 Å². The van der Waals surface area contributed by atoms with Crippen LogP contribution in [0.15, 0.2) is 29.2 Å². The van der Waals surface area contributed by atoms with Crippen molar-refractivity contribution >= 4 is 15.6 Å². The van der Waals surface area contributed by atoms with E-state index in [0.29, 0.717) is 18.4 Å². The Kier molecular flexibility index (Phi) is 4.79. The first-order chi connectivity index (χ1) is 11.7. The highest BCUT2D eigenvalue weighted by Crippen LogP contribution is 2.34. The minimum Gasteiger partial charge on any atom is -0.504 e. The Labute approximate surface area is 142 Å². The number of hydrogen-bond donors (Lipinski definition) is 1. The standard InChI is InChI=1S/C15H8F6O4S/c1-26(24,25)10-4-6(15(19,20)21)2-3-7(10)13(22)8-5-9(16)11(17)12(18)14(8)23/h2-5,23H,1H3. The van der Waals surface area contributed by atoms with Crippen LogP contribution >= 0.6 is 0 Å². The van der Waals surface area contributed by atoms with E-state index in [1.54, 1.807) is 0 Å². The molecule has 26 heavy (non-hydrogen) atoms. The molecule has 1 N–H and O–H groups in total. The zero-order valence-electron chi connectivity index (χ0n) is 12.7. The van der Waals surface area contributed by atoms with Crippen molar-refractivity contribution in [2.75, 3.05) is 6.26 Å². The Morgan fingerprint density at radius 3 is 2.08 bits per heavy atom. The fraction of sp³-hybridized carbons (Fsp3) is 0.133. The number of phenols is 1. The molecule has 2 aromatic carbocycles. The average Bonchev–Trinajstić information content (AvgIpc) is 2.53. The van der Waals surface area contributed by atoms with Crippen molar-refractivity contribution in [3.63, 3.8) is 0 Å². The Morgan fingerprint density at radius 1 is 1.00 bits per heavy atom. The number of sulfone groups is 1. The lowest BCUT2D eigenvalue weighted by Gasteiger charge is -2.13. The van der Waals surface area contributed by atoms with Gasteiger partial charge in [0.15, 0.2) is 33.0 Å². The maximum Gasteiger partial charge on any atom is 0.416 e. The Bertz CT molecular complexity index is 1010. The van der Waals surface area contributed by atoms with E-state index in [2.05, 4.69) is 0 Å². The Balaban J connectivity index is 2.75. The highest BCUT2D eigenvalue weighted by molar-refractivity contribution is 7.90. The van der Waals surface area contributed by atoms with Crippen molar-refractivity contribution in [1.82, 2.24) is 0 Å². The van der Waals surface area contributed by atoms with Crippen LogP contribution in [0.2, 0.25) is 0 Å². The van der Waals surface area contributed by atoms with E-state index in [9.17, 15) is 44.7 Å². The van der Waals surface area contributed by atoms with Crippen molar-refractivity contribution in [3.8, 4) is 5.75 Å². The third kappa shape index (κ3) is 3.52. The maximum absolute atomic E-state index is 13.4. The third-order valence-electron chi connectivity index (χ3n) is 3.33. The molecule has 0 aromatic heterocycles. The summed E-state index contributed by atoms with van der Waals surface area (Å²) in [7, 11) is -4.37. The summed E-state index contributed by atoms with van der Waals surface area (Å²) in [6.07, 6.45) is -4.40. The summed E-state index contributed by atoms with van der Waals surface area (Å²) in [5, 5.41) is 9.48. The summed E-state index contributed by atoms with van der Waals surface area (Å²) in [5.74, 6) is -9.13. The zero-order chi connectivity index (χ0) is 20.0. The van der Waals surface area contributed by atoms with Crippen LogP contribution in [-0.4, -0.2) is 25.6 Å². The normalized spacial score (nSPS) is 12.3. The third-order valence-corrected chi connectivity index (χ3v) is 4.47. The van der Waals surface area contributed by atoms with Gasteiger partial charge in [0, 0.05) is 11.8 Å². The number of carbonyl (C=O) groups excluding carboxylic acids is 1. The van der Waals surface area contributed by atoms with Gasteiger partial charge in [-0.25, -0.2) is 17.2 Å². The fourth-order valence-corrected chi connectivity index (χ4v) is 3.00. The van der Waals surface area contributed by atoms with Crippen LogP contribution < -0.4 is 0 Å². The molecule has 0 heterocycles. The second kappa shape index (κ2) is 6.31. The number of alkyl halides is 3. The van der Waals surface area contributed by atoms with Gasteiger partial charge in [0.1, 0.15) is 0 Å². The number of carbonyl (C=O) groups is 1. The topological polar surface area (TPSA) is 71.4 Å². The summed E-state index contributed by atoms with van der Waals surface area (Å²) in [5.41, 5.74) is -3.40. The zero-order valence-corrected chi connectivity index (χ0v) is 13.5. The number of hydrogen-bond acceptors (Lipinski definition) is 4. The van der Waals surface area contributed by atoms with Gasteiger partial charge in [-0.3, -0.25) is 4.79 Å². The molecule has 0 spiro atoms. The molecular weight excluding hydrogens is 390 g/mol. The molecule has 0 amide bonds. The Morgan fingerprint density at radius 2 is 1.58 bits per heavy atom. The summed E-state index contributed by atoms with van der Waals surface area (Å²) in [6, 6.07) is 1.16. The van der Waals surface area contributed by atoms with Crippen molar-refractivity contribution in [2.24, 2.45) is 0 Å². The number of rotatable bonds is 3. The van der Waals surface area contributed by atoms with Crippen LogP contribution in [-0.2, 0) is 16.0 Å². The first kappa shape index (κ1) is 19.8. The number of phenolic OH excluding ortho intramolecular Hbond substituents is 1. The van der Waals surface area contributed by atoms with Gasteiger partial charge in [0.25, 0.3) is 0 Å². The molecule has 0 saturated carbocycles. The summed E-state index contributed by atoms with van der Waals surface area (Å²) < 4.78 is 102. The molecule has 0 bridgehead atoms. The fourth-order valence-electron chi connectivity index (χ4n) is 2.10. The second-order valence-corrected chi connectivity index (χ2v) is 7.18. The van der Waals surface area contributed by atoms with E-state index in [1.165, 1.54) is 0 Å². The van der Waals surface area contributed by atoms with Crippen LogP contribution in [0.4, 0.5) is 26.3 Å². The van der Waals surface area contributed by atoms with Gasteiger partial charge in [-0.2, -0.15) is 17.6 Å². The predicted octanol–water partition coefficient (Wildman–Crippen LogP) is 3.46. The molecule has 0 aliphatic carbocycles. The van der Waals surface area contributed by atoms with Gasteiger partial charge in [-0.1, -0.05) is 0 Å². The minimum atomic E-state index is -4.92. The average molecular weight is 398 g/mol. The molecule has 4 nitrogen and oxygen atoms in total. The van der Waals surface area contributed by atoms with Gasteiger partial charge in [-0.15, -0.1) is 0 Å². The van der Waals surface area contributed by atoms with Gasteiger partial charge in [0.2, 0.25) is 5.82 Å². The molecular formula is C15H8F6O4S. The minimum absolute atomic E-state index is 0.111. The van der Waals surface area contributed by atoms with E-state index in [1.807, 2.05) is 0 Å². The van der Waals surface area contributed by atoms with E-state index in [-0.39, 0.29) is 12.1 Å². The van der Waals surface area contributed by atoms with E-state index in [0.717, 1.165) is 0 Å². The van der Waals surface area contributed by atoms with Crippen molar-refractivity contribution in [2.45, 2.75) is 11.1 Å². The number of aromatic hydroxyl groups is 1. The van der Waals surface area contributed by atoms with Crippen molar-refractivity contribution < 1.29 is 44.7 Å².